The Labute approximate surface area is 153 Å². The molecule has 2 rings (SSSR count). The van der Waals surface area contributed by atoms with Gasteiger partial charge in [-0.05, 0) is 71.3 Å². The molecule has 2 N–H and O–H groups in total. The van der Waals surface area contributed by atoms with Crippen LogP contribution in [0.3, 0.4) is 0 Å². The van der Waals surface area contributed by atoms with Gasteiger partial charge in [0.05, 0.1) is 0 Å². The Morgan fingerprint density at radius 2 is 2.04 bits per heavy atom. The minimum Gasteiger partial charge on any atom is -0.444 e. The summed E-state index contributed by atoms with van der Waals surface area (Å²) >= 11 is 0. The molecule has 1 aliphatic carbocycles. The first-order valence-electron chi connectivity index (χ1n) is 10.2. The summed E-state index contributed by atoms with van der Waals surface area (Å²) in [6.45, 7) is 10.0. The molecule has 1 aliphatic heterocycles. The topological polar surface area (TPSA) is 61.8 Å². The van der Waals surface area contributed by atoms with E-state index >= 15 is 0 Å². The summed E-state index contributed by atoms with van der Waals surface area (Å²) in [5.74, 6) is 1.07. The fourth-order valence-corrected chi connectivity index (χ4v) is 4.44. The highest BCUT2D eigenvalue weighted by molar-refractivity contribution is 5.69. The lowest BCUT2D eigenvalue weighted by Gasteiger charge is -2.35. The average Bonchev–Trinajstić information content (AvgIpc) is 3.17. The molecule has 1 saturated carbocycles. The smallest absolute Gasteiger partial charge is 0.410 e. The summed E-state index contributed by atoms with van der Waals surface area (Å²) in [5.41, 5.74) is -0.434. The maximum absolute atomic E-state index is 12.6. The highest BCUT2D eigenvalue weighted by Crippen LogP contribution is 2.36. The number of hydrogen-bond donors (Lipinski definition) is 2. The van der Waals surface area contributed by atoms with E-state index in [0.717, 1.165) is 38.8 Å². The van der Waals surface area contributed by atoms with Crippen LogP contribution >= 0.6 is 0 Å². The number of nitrogens with one attached hydrogen (secondary N) is 1. The van der Waals surface area contributed by atoms with Crippen LogP contribution in [0.5, 0.6) is 0 Å². The lowest BCUT2D eigenvalue weighted by Crippen LogP contribution is -2.48. The molecule has 146 valence electrons. The molecule has 1 saturated heterocycles. The number of ether oxygens (including phenoxy) is 1. The summed E-state index contributed by atoms with van der Waals surface area (Å²) in [5, 5.41) is 12.9. The van der Waals surface area contributed by atoms with Crippen molar-refractivity contribution in [2.45, 2.75) is 90.3 Å². The van der Waals surface area contributed by atoms with Crippen LogP contribution in [0.4, 0.5) is 4.79 Å². The zero-order chi connectivity index (χ0) is 18.4. The van der Waals surface area contributed by atoms with Gasteiger partial charge < -0.3 is 20.1 Å². The van der Waals surface area contributed by atoms with Crippen LogP contribution in [-0.2, 0) is 4.74 Å². The van der Waals surface area contributed by atoms with E-state index in [-0.39, 0.29) is 12.7 Å². The van der Waals surface area contributed by atoms with Crippen LogP contribution in [-0.4, -0.2) is 53.5 Å². The number of carbonyl (C=O) groups excluding carboxylic acids is 1. The Bertz CT molecular complexity index is 422. The minimum absolute atomic E-state index is 0.146. The molecule has 0 aromatic carbocycles. The first-order valence-corrected chi connectivity index (χ1v) is 10.2. The lowest BCUT2D eigenvalue weighted by molar-refractivity contribution is 0.0166. The van der Waals surface area contributed by atoms with Crippen molar-refractivity contribution >= 4 is 6.09 Å². The van der Waals surface area contributed by atoms with Gasteiger partial charge in [-0.3, -0.25) is 0 Å². The zero-order valence-corrected chi connectivity index (χ0v) is 16.6. The van der Waals surface area contributed by atoms with Gasteiger partial charge in [0.25, 0.3) is 0 Å². The number of aliphatic hydroxyl groups excluding tert-OH is 1. The quantitative estimate of drug-likeness (QED) is 0.734. The molecule has 5 heteroatoms. The van der Waals surface area contributed by atoms with E-state index < -0.39 is 5.60 Å². The van der Waals surface area contributed by atoms with Crippen LogP contribution in [0, 0.1) is 11.8 Å². The molecule has 0 spiro atoms. The molecule has 0 aromatic rings. The molecule has 1 amide bonds. The SMILES string of the molecule is CCC(CCO)CNC1CCCC1C1CCCN1C(=O)OC(C)(C)C. The van der Waals surface area contributed by atoms with Crippen molar-refractivity contribution in [3.8, 4) is 0 Å². The minimum atomic E-state index is -0.434. The Morgan fingerprint density at radius 1 is 1.28 bits per heavy atom. The van der Waals surface area contributed by atoms with Crippen molar-refractivity contribution in [2.75, 3.05) is 19.7 Å². The molecular formula is C20H38N2O3. The number of rotatable bonds is 7. The van der Waals surface area contributed by atoms with E-state index in [4.69, 9.17) is 4.74 Å². The molecule has 2 aliphatic rings. The molecule has 25 heavy (non-hydrogen) atoms. The molecule has 0 aromatic heterocycles. The standard InChI is InChI=1S/C20H38N2O3/c1-5-15(11-13-23)14-21-17-9-6-8-16(17)18-10-7-12-22(18)19(24)25-20(2,3)4/h15-18,21,23H,5-14H2,1-4H3. The zero-order valence-electron chi connectivity index (χ0n) is 16.6. The second kappa shape index (κ2) is 9.22. The fourth-order valence-electron chi connectivity index (χ4n) is 4.44. The van der Waals surface area contributed by atoms with Crippen molar-refractivity contribution in [1.82, 2.24) is 10.2 Å². The maximum atomic E-state index is 12.6. The number of nitrogens with zero attached hydrogens (tertiary/aromatic N) is 1. The number of likely N-dealkylation sites (tertiary alicyclic amines) is 1. The van der Waals surface area contributed by atoms with Crippen LogP contribution in [0.2, 0.25) is 0 Å². The first-order chi connectivity index (χ1) is 11.9. The van der Waals surface area contributed by atoms with E-state index in [1.54, 1.807) is 0 Å². The second-order valence-corrected chi connectivity index (χ2v) is 8.78. The van der Waals surface area contributed by atoms with Gasteiger partial charge in [0.1, 0.15) is 5.60 Å². The molecule has 0 bridgehead atoms. The van der Waals surface area contributed by atoms with Gasteiger partial charge in [-0.25, -0.2) is 4.79 Å². The number of amides is 1. The molecule has 5 nitrogen and oxygen atoms in total. The van der Waals surface area contributed by atoms with E-state index in [1.807, 2.05) is 25.7 Å². The number of aliphatic hydroxyl groups is 1. The third-order valence-electron chi connectivity index (χ3n) is 5.77. The summed E-state index contributed by atoms with van der Waals surface area (Å²) in [6.07, 6.45) is 7.61. The normalized spacial score (nSPS) is 28.4. The summed E-state index contributed by atoms with van der Waals surface area (Å²) in [6, 6.07) is 0.800. The van der Waals surface area contributed by atoms with E-state index in [2.05, 4.69) is 12.2 Å². The van der Waals surface area contributed by atoms with E-state index in [1.165, 1.54) is 19.3 Å². The lowest BCUT2D eigenvalue weighted by atomic mass is 9.91. The Hall–Kier alpha value is -0.810. The Morgan fingerprint density at radius 3 is 2.68 bits per heavy atom. The molecule has 1 heterocycles. The Balaban J connectivity index is 1.94. The van der Waals surface area contributed by atoms with Gasteiger partial charge >= 0.3 is 6.09 Å². The van der Waals surface area contributed by atoms with Crippen molar-refractivity contribution < 1.29 is 14.6 Å². The van der Waals surface area contributed by atoms with Crippen molar-refractivity contribution in [3.05, 3.63) is 0 Å². The van der Waals surface area contributed by atoms with Crippen molar-refractivity contribution in [2.24, 2.45) is 11.8 Å². The third kappa shape index (κ3) is 5.85. The monoisotopic (exact) mass is 354 g/mol. The summed E-state index contributed by atoms with van der Waals surface area (Å²) < 4.78 is 5.63. The molecule has 4 unspecified atom stereocenters. The molecule has 4 atom stereocenters. The van der Waals surface area contributed by atoms with Gasteiger partial charge in [0.2, 0.25) is 0 Å². The largest absolute Gasteiger partial charge is 0.444 e. The average molecular weight is 355 g/mol. The van der Waals surface area contributed by atoms with E-state index in [9.17, 15) is 9.90 Å². The molecule has 0 radical (unpaired) electrons. The van der Waals surface area contributed by atoms with Crippen molar-refractivity contribution in [1.29, 1.82) is 0 Å². The van der Waals surface area contributed by atoms with Gasteiger partial charge in [-0.2, -0.15) is 0 Å². The molecule has 2 fully saturated rings. The van der Waals surface area contributed by atoms with E-state index in [0.29, 0.717) is 23.9 Å². The van der Waals surface area contributed by atoms with Crippen LogP contribution in [0.15, 0.2) is 0 Å². The highest BCUT2D eigenvalue weighted by Gasteiger charge is 2.41. The maximum Gasteiger partial charge on any atom is 0.410 e. The number of carbonyl (C=O) groups is 1. The van der Waals surface area contributed by atoms with Gasteiger partial charge in [0, 0.05) is 25.2 Å². The Kier molecular flexibility index (Phi) is 7.56. The van der Waals surface area contributed by atoms with Crippen molar-refractivity contribution in [3.63, 3.8) is 0 Å². The predicted octanol–water partition coefficient (Wildman–Crippen LogP) is 3.55. The first kappa shape index (κ1) is 20.5. The summed E-state index contributed by atoms with van der Waals surface area (Å²) in [4.78, 5) is 14.6. The fraction of sp³-hybridized carbons (Fsp3) is 0.950. The van der Waals surface area contributed by atoms with Gasteiger partial charge in [-0.15, -0.1) is 0 Å². The van der Waals surface area contributed by atoms with Crippen LogP contribution in [0.1, 0.15) is 72.6 Å². The predicted molar refractivity (Wildman–Crippen MR) is 101 cm³/mol. The van der Waals surface area contributed by atoms with Crippen LogP contribution in [0.25, 0.3) is 0 Å². The van der Waals surface area contributed by atoms with Gasteiger partial charge in [0.15, 0.2) is 0 Å². The second-order valence-electron chi connectivity index (χ2n) is 8.78. The van der Waals surface area contributed by atoms with Crippen LogP contribution < -0.4 is 5.32 Å². The highest BCUT2D eigenvalue weighted by atomic mass is 16.6. The number of hydrogen-bond acceptors (Lipinski definition) is 4. The van der Waals surface area contributed by atoms with Gasteiger partial charge in [-0.1, -0.05) is 19.8 Å². The molecular weight excluding hydrogens is 316 g/mol. The third-order valence-corrected chi connectivity index (χ3v) is 5.77. The summed E-state index contributed by atoms with van der Waals surface area (Å²) in [7, 11) is 0.